The molecule has 60 heavy (non-hydrogen) atoms. The molecule has 2 heterocycles. The van der Waals surface area contributed by atoms with Gasteiger partial charge in [-0.05, 0) is 132 Å². The first kappa shape index (κ1) is 34.5. The number of hydrogen-bond donors (Lipinski definition) is 0. The largest absolute Gasteiger partial charge is 0.454 e. The van der Waals surface area contributed by atoms with Crippen molar-refractivity contribution in [2.45, 2.75) is 27.7 Å². The maximum atomic E-state index is 6.72. The zero-order valence-corrected chi connectivity index (χ0v) is 33.9. The van der Waals surface area contributed by atoms with Gasteiger partial charge < -0.3 is 18.6 Å². The quantitative estimate of drug-likeness (QED) is 0.158. The topological polar surface area (TPSA) is 32.8 Å². The summed E-state index contributed by atoms with van der Waals surface area (Å²) in [6.07, 6.45) is 0. The lowest BCUT2D eigenvalue weighted by atomic mass is 9.91. The van der Waals surface area contributed by atoms with E-state index in [1.165, 1.54) is 54.6 Å². The van der Waals surface area contributed by atoms with Crippen molar-refractivity contribution in [3.63, 3.8) is 0 Å². The van der Waals surface area contributed by atoms with Gasteiger partial charge in [0.25, 0.3) is 0 Å². The number of rotatable bonds is 6. The predicted octanol–water partition coefficient (Wildman–Crippen LogP) is 16.6. The highest BCUT2D eigenvalue weighted by Crippen LogP contribution is 2.50. The Hall–Kier alpha value is -7.56. The van der Waals surface area contributed by atoms with Gasteiger partial charge in [0.1, 0.15) is 11.2 Å². The maximum absolute atomic E-state index is 6.72. The Kier molecular flexibility index (Phi) is 7.45. The smallest absolute Gasteiger partial charge is 0.159 e. The van der Waals surface area contributed by atoms with Crippen LogP contribution >= 0.6 is 0 Å². The van der Waals surface area contributed by atoms with Crippen molar-refractivity contribution in [1.82, 2.24) is 0 Å². The van der Waals surface area contributed by atoms with Gasteiger partial charge in [0, 0.05) is 43.7 Å². The molecule has 0 aliphatic rings. The third kappa shape index (κ3) is 5.04. The minimum Gasteiger partial charge on any atom is -0.454 e. The molecule has 0 atom stereocenters. The average molecular weight is 773 g/mol. The fourth-order valence-electron chi connectivity index (χ4n) is 9.52. The van der Waals surface area contributed by atoms with Crippen molar-refractivity contribution in [2.24, 2.45) is 0 Å². The van der Waals surface area contributed by atoms with E-state index in [9.17, 15) is 0 Å². The second-order valence-electron chi connectivity index (χ2n) is 16.3. The Bertz CT molecular complexity index is 3440. The first-order chi connectivity index (χ1) is 29.4. The van der Waals surface area contributed by atoms with Crippen molar-refractivity contribution in [3.05, 3.63) is 192 Å². The average Bonchev–Trinajstić information content (AvgIpc) is 3.86. The van der Waals surface area contributed by atoms with Gasteiger partial charge in [-0.1, -0.05) is 109 Å². The van der Waals surface area contributed by atoms with Gasteiger partial charge in [-0.2, -0.15) is 0 Å². The second kappa shape index (κ2) is 13.0. The van der Waals surface area contributed by atoms with E-state index in [-0.39, 0.29) is 0 Å². The molecular weight excluding hydrogens is 733 g/mol. The van der Waals surface area contributed by atoms with Crippen molar-refractivity contribution < 1.29 is 8.83 Å². The molecule has 0 bridgehead atoms. The highest BCUT2D eigenvalue weighted by Gasteiger charge is 2.26. The summed E-state index contributed by atoms with van der Waals surface area (Å²) in [5, 5.41) is 11.6. The number of aryl methyl sites for hydroxylation is 4. The molecule has 12 rings (SSSR count). The van der Waals surface area contributed by atoms with E-state index in [2.05, 4.69) is 195 Å². The number of fused-ring (bicyclic) bond motifs is 6. The molecule has 0 fully saturated rings. The first-order valence-corrected chi connectivity index (χ1v) is 20.7. The van der Waals surface area contributed by atoms with Gasteiger partial charge in [0.2, 0.25) is 0 Å². The highest BCUT2D eigenvalue weighted by molar-refractivity contribution is 6.28. The zero-order valence-electron chi connectivity index (χ0n) is 33.9. The standard InChI is InChI=1S/C56H40N2O2/c1-33-19-25-39(31-35(33)3)57(49-15-9-13-43-41-11-5-7-17-51(41)59-55(43)49)47-29-23-37-22-28-46-48(30-24-38-21-27-45(47)53(37)54(38)46)58(40-26-20-34(2)36(4)32-40)50-16-10-14-44-42-12-6-8-18-52(42)60-56(44)50/h5-32H,1-4H3. The lowest BCUT2D eigenvalue weighted by Gasteiger charge is -2.29. The molecule has 0 radical (unpaired) electrons. The van der Waals surface area contributed by atoms with Gasteiger partial charge in [-0.25, -0.2) is 0 Å². The molecular formula is C56H40N2O2. The van der Waals surface area contributed by atoms with Crippen LogP contribution in [0.3, 0.4) is 0 Å². The summed E-state index contributed by atoms with van der Waals surface area (Å²) in [6.45, 7) is 8.73. The minimum atomic E-state index is 0.869. The summed E-state index contributed by atoms with van der Waals surface area (Å²) in [5.74, 6) is 0. The van der Waals surface area contributed by atoms with Crippen LogP contribution in [-0.4, -0.2) is 0 Å². The van der Waals surface area contributed by atoms with E-state index in [1.807, 2.05) is 12.1 Å². The van der Waals surface area contributed by atoms with Gasteiger partial charge in [0.15, 0.2) is 11.2 Å². The van der Waals surface area contributed by atoms with Crippen molar-refractivity contribution in [1.29, 1.82) is 0 Å². The van der Waals surface area contributed by atoms with Crippen LogP contribution in [0.1, 0.15) is 22.3 Å². The van der Waals surface area contributed by atoms with E-state index in [1.54, 1.807) is 0 Å². The normalized spacial score (nSPS) is 12.0. The fraction of sp³-hybridized carbons (Fsp3) is 0.0714. The summed E-state index contributed by atoms with van der Waals surface area (Å²) in [4.78, 5) is 4.79. The lowest BCUT2D eigenvalue weighted by Crippen LogP contribution is -2.12. The van der Waals surface area contributed by atoms with Crippen LogP contribution in [0.15, 0.2) is 179 Å². The van der Waals surface area contributed by atoms with Gasteiger partial charge in [-0.15, -0.1) is 0 Å². The molecule has 2 aromatic heterocycles. The molecule has 286 valence electrons. The summed E-state index contributed by atoms with van der Waals surface area (Å²) in [5.41, 5.74) is 14.9. The monoisotopic (exact) mass is 772 g/mol. The van der Waals surface area contributed by atoms with Crippen molar-refractivity contribution in [2.75, 3.05) is 9.80 Å². The number of anilines is 6. The molecule has 0 amide bonds. The summed E-state index contributed by atoms with van der Waals surface area (Å²) >= 11 is 0. The number of benzene rings is 10. The SMILES string of the molecule is Cc1ccc(N(c2ccc3ccc4c(N(c5ccc(C)c(C)c5)c5cccc6c5oc5ccccc56)ccc5ccc2c3c54)c2cccc3c2oc2ccccc23)cc1C. The van der Waals surface area contributed by atoms with Crippen molar-refractivity contribution >= 4 is 110 Å². The van der Waals surface area contributed by atoms with E-state index in [0.717, 1.165) is 78.0 Å². The summed E-state index contributed by atoms with van der Waals surface area (Å²) in [7, 11) is 0. The molecule has 0 spiro atoms. The van der Waals surface area contributed by atoms with E-state index in [4.69, 9.17) is 8.83 Å². The Morgan fingerprint density at radius 3 is 1.18 bits per heavy atom. The molecule has 4 nitrogen and oxygen atoms in total. The number of furan rings is 2. The van der Waals surface area contributed by atoms with Crippen LogP contribution in [0.2, 0.25) is 0 Å². The number of hydrogen-bond acceptors (Lipinski definition) is 4. The van der Waals surface area contributed by atoms with Crippen LogP contribution in [0.4, 0.5) is 34.1 Å². The second-order valence-corrected chi connectivity index (χ2v) is 16.3. The Morgan fingerprint density at radius 2 is 0.733 bits per heavy atom. The molecule has 4 heteroatoms. The minimum absolute atomic E-state index is 0.869. The third-order valence-electron chi connectivity index (χ3n) is 12.8. The Labute approximate surface area is 347 Å². The summed E-state index contributed by atoms with van der Waals surface area (Å²) < 4.78 is 13.4. The summed E-state index contributed by atoms with van der Waals surface area (Å²) in [6, 6.07) is 61.5. The zero-order chi connectivity index (χ0) is 40.2. The number of nitrogens with zero attached hydrogens (tertiary/aromatic N) is 2. The molecule has 10 aromatic carbocycles. The van der Waals surface area contributed by atoms with Crippen LogP contribution in [0.25, 0.3) is 76.2 Å². The lowest BCUT2D eigenvalue weighted by molar-refractivity contribution is 0.669. The van der Waals surface area contributed by atoms with Gasteiger partial charge >= 0.3 is 0 Å². The van der Waals surface area contributed by atoms with Crippen LogP contribution in [0.5, 0.6) is 0 Å². The molecule has 0 saturated heterocycles. The van der Waals surface area contributed by atoms with Crippen molar-refractivity contribution in [3.8, 4) is 0 Å². The van der Waals surface area contributed by atoms with E-state index >= 15 is 0 Å². The Morgan fingerprint density at radius 1 is 0.317 bits per heavy atom. The number of para-hydroxylation sites is 4. The Balaban J connectivity index is 1.14. The predicted molar refractivity (Wildman–Crippen MR) is 253 cm³/mol. The molecule has 0 unspecified atom stereocenters. The molecule has 0 N–H and O–H groups in total. The fourth-order valence-corrected chi connectivity index (χ4v) is 9.52. The maximum Gasteiger partial charge on any atom is 0.159 e. The van der Waals surface area contributed by atoms with E-state index in [0.29, 0.717) is 0 Å². The molecule has 0 aliphatic heterocycles. The third-order valence-corrected chi connectivity index (χ3v) is 12.8. The van der Waals surface area contributed by atoms with Gasteiger partial charge in [0.05, 0.1) is 22.7 Å². The first-order valence-electron chi connectivity index (χ1n) is 20.7. The molecule has 12 aromatic rings. The van der Waals surface area contributed by atoms with Crippen LogP contribution in [0, 0.1) is 27.7 Å². The highest BCUT2D eigenvalue weighted by atomic mass is 16.3. The van der Waals surface area contributed by atoms with Gasteiger partial charge in [-0.3, -0.25) is 0 Å². The van der Waals surface area contributed by atoms with E-state index < -0.39 is 0 Å². The van der Waals surface area contributed by atoms with Crippen LogP contribution < -0.4 is 9.80 Å². The molecule has 0 saturated carbocycles. The molecule has 0 aliphatic carbocycles. The van der Waals surface area contributed by atoms with Crippen LogP contribution in [-0.2, 0) is 0 Å².